The molecule has 0 saturated carbocycles. The van der Waals surface area contributed by atoms with E-state index in [9.17, 15) is 17.2 Å². The zero-order chi connectivity index (χ0) is 21.8. The van der Waals surface area contributed by atoms with Crippen LogP contribution in [0.4, 0.5) is 8.78 Å². The molecule has 1 aromatic heterocycles. The summed E-state index contributed by atoms with van der Waals surface area (Å²) in [7, 11) is -3.80. The fourth-order valence-electron chi connectivity index (χ4n) is 3.53. The molecule has 164 valence electrons. The van der Waals surface area contributed by atoms with Crippen molar-refractivity contribution >= 4 is 10.0 Å². The van der Waals surface area contributed by atoms with Gasteiger partial charge < -0.3 is 9.26 Å². The summed E-state index contributed by atoms with van der Waals surface area (Å²) in [6, 6.07) is 10.7. The summed E-state index contributed by atoms with van der Waals surface area (Å²) in [5.74, 6) is -0.506. The topological polar surface area (TPSA) is 85.5 Å². The number of halogens is 2. The smallest absolute Gasteiger partial charge is 0.264 e. The van der Waals surface area contributed by atoms with Gasteiger partial charge in [0.15, 0.2) is 12.4 Å². The lowest BCUT2D eigenvalue weighted by atomic mass is 10.0. The molecule has 1 saturated heterocycles. The summed E-state index contributed by atoms with van der Waals surface area (Å²) in [6.45, 7) is 0.269. The lowest BCUT2D eigenvalue weighted by molar-refractivity contribution is 0.231. The summed E-state index contributed by atoms with van der Waals surface area (Å²) >= 11 is 0. The highest BCUT2D eigenvalue weighted by atomic mass is 32.2. The van der Waals surface area contributed by atoms with Crippen molar-refractivity contribution in [1.29, 1.82) is 0 Å². The van der Waals surface area contributed by atoms with Crippen LogP contribution >= 0.6 is 0 Å². The summed E-state index contributed by atoms with van der Waals surface area (Å²) in [5, 5.41) is 3.95. The first-order valence-electron chi connectivity index (χ1n) is 9.86. The Kier molecular flexibility index (Phi) is 6.28. The molecule has 0 radical (unpaired) electrons. The normalized spacial score (nSPS) is 17.5. The molecule has 4 rings (SSSR count). The predicted molar refractivity (Wildman–Crippen MR) is 107 cm³/mol. The van der Waals surface area contributed by atoms with Gasteiger partial charge in [0.2, 0.25) is 10.0 Å². The molecule has 0 bridgehead atoms. The van der Waals surface area contributed by atoms with E-state index < -0.39 is 27.6 Å². The second kappa shape index (κ2) is 9.11. The lowest BCUT2D eigenvalue weighted by Gasteiger charge is -2.32. The number of nitrogens with zero attached hydrogens (tertiary/aromatic N) is 3. The van der Waals surface area contributed by atoms with Gasteiger partial charge in [0.25, 0.3) is 5.89 Å². The molecule has 1 atom stereocenters. The maximum atomic E-state index is 14.0. The van der Waals surface area contributed by atoms with E-state index in [0.29, 0.717) is 25.1 Å². The van der Waals surface area contributed by atoms with Crippen LogP contribution in [0.15, 0.2) is 53.1 Å². The maximum Gasteiger partial charge on any atom is 0.264 e. The Morgan fingerprint density at radius 1 is 1.10 bits per heavy atom. The van der Waals surface area contributed by atoms with E-state index in [4.69, 9.17) is 9.26 Å². The Balaban J connectivity index is 1.48. The molecule has 1 aliphatic rings. The van der Waals surface area contributed by atoms with Crippen molar-refractivity contribution in [3.05, 3.63) is 77.4 Å². The zero-order valence-electron chi connectivity index (χ0n) is 16.6. The quantitative estimate of drug-likeness (QED) is 0.542. The minimum absolute atomic E-state index is 0.0344. The van der Waals surface area contributed by atoms with E-state index in [0.717, 1.165) is 6.42 Å². The van der Waals surface area contributed by atoms with Crippen molar-refractivity contribution in [1.82, 2.24) is 14.4 Å². The number of rotatable bonds is 7. The molecule has 0 spiro atoms. The maximum absolute atomic E-state index is 14.0. The van der Waals surface area contributed by atoms with E-state index in [1.54, 1.807) is 6.07 Å². The molecule has 7 nitrogen and oxygen atoms in total. The molecule has 10 heteroatoms. The Morgan fingerprint density at radius 2 is 1.87 bits per heavy atom. The Bertz CT molecular complexity index is 1140. The molecule has 1 fully saturated rings. The first kappa shape index (κ1) is 21.4. The first-order chi connectivity index (χ1) is 14.9. The molecule has 31 heavy (non-hydrogen) atoms. The largest absolute Gasteiger partial charge is 0.484 e. The number of ether oxygens (including phenoxy) is 1. The average Bonchev–Trinajstić information content (AvgIpc) is 3.24. The molecule has 3 aromatic rings. The lowest BCUT2D eigenvalue weighted by Crippen LogP contribution is -2.39. The third-order valence-electron chi connectivity index (χ3n) is 5.06. The summed E-state index contributed by atoms with van der Waals surface area (Å²) in [5.41, 5.74) is 0.119. The number of piperidine rings is 1. The Morgan fingerprint density at radius 3 is 2.65 bits per heavy atom. The fraction of sp³-hybridized carbons (Fsp3) is 0.333. The van der Waals surface area contributed by atoms with Crippen LogP contribution in [-0.2, 0) is 22.4 Å². The zero-order valence-corrected chi connectivity index (χ0v) is 17.4. The monoisotopic (exact) mass is 449 g/mol. The molecule has 2 heterocycles. The summed E-state index contributed by atoms with van der Waals surface area (Å²) in [6.07, 6.45) is 2.05. The van der Waals surface area contributed by atoms with Gasteiger partial charge in [-0.15, -0.1) is 0 Å². The highest BCUT2D eigenvalue weighted by Crippen LogP contribution is 2.33. The van der Waals surface area contributed by atoms with Crippen molar-refractivity contribution in [3.8, 4) is 5.75 Å². The van der Waals surface area contributed by atoms with Gasteiger partial charge in [-0.25, -0.2) is 17.2 Å². The minimum Gasteiger partial charge on any atom is -0.484 e. The summed E-state index contributed by atoms with van der Waals surface area (Å²) in [4.78, 5) is 4.30. The van der Waals surface area contributed by atoms with E-state index in [-0.39, 0.29) is 29.7 Å². The second-order valence-corrected chi connectivity index (χ2v) is 9.18. The van der Waals surface area contributed by atoms with Gasteiger partial charge in [-0.2, -0.15) is 9.29 Å². The number of aromatic nitrogens is 2. The van der Waals surface area contributed by atoms with Crippen LogP contribution in [-0.4, -0.2) is 29.4 Å². The van der Waals surface area contributed by atoms with Gasteiger partial charge in [0.05, 0.1) is 11.8 Å². The standard InChI is InChI=1S/C21H21F2N3O4S/c22-16-8-10-17(11-9-16)29-13-20-24-21(25-30-20)19-7-3-4-12-26(19)31(27,28)14-15-5-1-2-6-18(15)23/h1-2,5-6,8-11,19H,3-4,7,12-14H2. The minimum atomic E-state index is -3.80. The molecule has 0 N–H and O–H groups in total. The van der Waals surface area contributed by atoms with Crippen LogP contribution in [0.25, 0.3) is 0 Å². The molecule has 2 aromatic carbocycles. The highest BCUT2D eigenvalue weighted by Gasteiger charge is 2.36. The molecule has 0 amide bonds. The molecular weight excluding hydrogens is 428 g/mol. The van der Waals surface area contributed by atoms with Crippen molar-refractivity contribution in [2.45, 2.75) is 37.7 Å². The molecule has 0 aliphatic carbocycles. The van der Waals surface area contributed by atoms with Crippen LogP contribution in [0.1, 0.15) is 42.6 Å². The third-order valence-corrected chi connectivity index (χ3v) is 6.89. The summed E-state index contributed by atoms with van der Waals surface area (Å²) < 4.78 is 65.1. The fourth-order valence-corrected chi connectivity index (χ4v) is 5.32. The van der Waals surface area contributed by atoms with Gasteiger partial charge >= 0.3 is 0 Å². The highest BCUT2D eigenvalue weighted by molar-refractivity contribution is 7.88. The van der Waals surface area contributed by atoms with E-state index >= 15 is 0 Å². The Hall–Kier alpha value is -2.85. The number of hydrogen-bond acceptors (Lipinski definition) is 6. The van der Waals surface area contributed by atoms with Crippen LogP contribution in [0, 0.1) is 11.6 Å². The van der Waals surface area contributed by atoms with E-state index in [1.807, 2.05) is 0 Å². The number of sulfonamides is 1. The van der Waals surface area contributed by atoms with E-state index in [2.05, 4.69) is 10.1 Å². The van der Waals surface area contributed by atoms with Gasteiger partial charge in [0, 0.05) is 12.1 Å². The van der Waals surface area contributed by atoms with Crippen LogP contribution in [0.2, 0.25) is 0 Å². The van der Waals surface area contributed by atoms with Crippen LogP contribution in [0.5, 0.6) is 5.75 Å². The van der Waals surface area contributed by atoms with Gasteiger partial charge in [-0.3, -0.25) is 0 Å². The SMILES string of the molecule is O=S(=O)(Cc1ccccc1F)N1CCCCC1c1noc(COc2ccc(F)cc2)n1. The van der Waals surface area contributed by atoms with Crippen molar-refractivity contribution in [2.75, 3.05) is 6.54 Å². The predicted octanol–water partition coefficient (Wildman–Crippen LogP) is 3.98. The molecule has 1 aliphatic heterocycles. The Labute approximate surface area is 178 Å². The van der Waals surface area contributed by atoms with Crippen LogP contribution in [0.3, 0.4) is 0 Å². The van der Waals surface area contributed by atoms with Crippen molar-refractivity contribution in [3.63, 3.8) is 0 Å². The van der Waals surface area contributed by atoms with Crippen molar-refractivity contribution in [2.24, 2.45) is 0 Å². The second-order valence-electron chi connectivity index (χ2n) is 7.26. The van der Waals surface area contributed by atoms with Gasteiger partial charge in [-0.1, -0.05) is 29.8 Å². The van der Waals surface area contributed by atoms with E-state index in [1.165, 1.54) is 46.8 Å². The van der Waals surface area contributed by atoms with Crippen LogP contribution < -0.4 is 4.74 Å². The first-order valence-corrected chi connectivity index (χ1v) is 11.5. The van der Waals surface area contributed by atoms with Gasteiger partial charge in [-0.05, 0) is 43.2 Å². The number of hydrogen-bond donors (Lipinski definition) is 0. The molecular formula is C21H21F2N3O4S. The average molecular weight is 449 g/mol. The third kappa shape index (κ3) is 5.08. The van der Waals surface area contributed by atoms with Crippen molar-refractivity contribution < 1.29 is 26.5 Å². The van der Waals surface area contributed by atoms with Gasteiger partial charge in [0.1, 0.15) is 17.4 Å². The number of benzene rings is 2. The molecule has 1 unspecified atom stereocenters.